The summed E-state index contributed by atoms with van der Waals surface area (Å²) < 4.78 is 12.0. The van der Waals surface area contributed by atoms with Gasteiger partial charge in [0.2, 0.25) is 0 Å². The zero-order valence-corrected chi connectivity index (χ0v) is 9.82. The molecule has 5 heteroatoms. The minimum atomic E-state index is -2.19. The predicted molar refractivity (Wildman–Crippen MR) is 62.5 cm³/mol. The van der Waals surface area contributed by atoms with Crippen molar-refractivity contribution >= 4 is 19.6 Å². The Kier molecular flexibility index (Phi) is 3.62. The molecule has 0 fully saturated rings. The van der Waals surface area contributed by atoms with E-state index in [1.807, 2.05) is 6.92 Å². The molecule has 2 N–H and O–H groups in total. The third kappa shape index (κ3) is 2.76. The lowest BCUT2D eigenvalue weighted by Gasteiger charge is -2.27. The molecule has 0 aromatic carbocycles. The van der Waals surface area contributed by atoms with Gasteiger partial charge < -0.3 is 10.3 Å². The molecule has 0 spiro atoms. The molecule has 1 heterocycles. The second kappa shape index (κ2) is 4.37. The second-order valence-electron chi connectivity index (χ2n) is 4.16. The van der Waals surface area contributed by atoms with Crippen molar-refractivity contribution in [2.24, 2.45) is 15.7 Å². The first kappa shape index (κ1) is 11.6. The zero-order chi connectivity index (χ0) is 10.8. The lowest BCUT2D eigenvalue weighted by molar-refractivity contribution is 0.512. The van der Waals surface area contributed by atoms with Crippen molar-refractivity contribution in [3.8, 4) is 0 Å². The molecule has 14 heavy (non-hydrogen) atoms. The van der Waals surface area contributed by atoms with Crippen LogP contribution >= 0.6 is 7.14 Å². The number of hydrogen-bond donors (Lipinski definition) is 1. The molecule has 0 aliphatic carbocycles. The fraction of sp³-hybridized carbons (Fsp3) is 0.778. The molecule has 0 aromatic heterocycles. The van der Waals surface area contributed by atoms with Crippen LogP contribution in [0, 0.1) is 0 Å². The minimum Gasteiger partial charge on any atom is -0.326 e. The van der Waals surface area contributed by atoms with Crippen molar-refractivity contribution in [2.75, 3.05) is 19.9 Å². The smallest absolute Gasteiger partial charge is 0.0888 e. The molecule has 0 amide bonds. The molecule has 1 rings (SSSR count). The summed E-state index contributed by atoms with van der Waals surface area (Å²) in [4.78, 5) is 8.45. The van der Waals surface area contributed by atoms with Crippen LogP contribution in [0.3, 0.4) is 0 Å². The Morgan fingerprint density at radius 3 is 2.64 bits per heavy atom. The summed E-state index contributed by atoms with van der Waals surface area (Å²) in [5.41, 5.74) is 5.82. The molecular formula is C9H18N3OP. The highest BCUT2D eigenvalue weighted by molar-refractivity contribution is 7.63. The standard InChI is InChI=1S/C9H18N3OP/c1-7(10)9-8(14(2,3)13)6-11-4-5-12-9/h4-5,7-9H,6,10H2,1-3H3/t7?,8?,9-/m0/s1. The van der Waals surface area contributed by atoms with Crippen LogP contribution in [0.15, 0.2) is 9.98 Å². The molecular weight excluding hydrogens is 197 g/mol. The maximum Gasteiger partial charge on any atom is 0.0888 e. The van der Waals surface area contributed by atoms with Gasteiger partial charge in [0.05, 0.1) is 25.4 Å². The lowest BCUT2D eigenvalue weighted by Crippen LogP contribution is -2.40. The van der Waals surface area contributed by atoms with Crippen LogP contribution in [0.5, 0.6) is 0 Å². The Labute approximate surface area is 85.1 Å². The van der Waals surface area contributed by atoms with E-state index >= 15 is 0 Å². The molecule has 0 aromatic rings. The van der Waals surface area contributed by atoms with Gasteiger partial charge in [-0.1, -0.05) is 0 Å². The first-order chi connectivity index (χ1) is 6.43. The largest absolute Gasteiger partial charge is 0.326 e. The van der Waals surface area contributed by atoms with Crippen molar-refractivity contribution in [2.45, 2.75) is 24.7 Å². The van der Waals surface area contributed by atoms with Crippen molar-refractivity contribution in [1.29, 1.82) is 0 Å². The van der Waals surface area contributed by atoms with E-state index in [9.17, 15) is 4.57 Å². The highest BCUT2D eigenvalue weighted by atomic mass is 31.2. The average molecular weight is 215 g/mol. The summed E-state index contributed by atoms with van der Waals surface area (Å²) in [7, 11) is -2.19. The van der Waals surface area contributed by atoms with Gasteiger partial charge in [0.15, 0.2) is 0 Å². The molecule has 80 valence electrons. The maximum atomic E-state index is 12.0. The fourth-order valence-corrected chi connectivity index (χ4v) is 3.18. The molecule has 1 aliphatic rings. The topological polar surface area (TPSA) is 67.8 Å². The van der Waals surface area contributed by atoms with Crippen LogP contribution in [-0.4, -0.2) is 50.0 Å². The molecule has 0 bridgehead atoms. The van der Waals surface area contributed by atoms with Gasteiger partial charge in [-0.25, -0.2) is 0 Å². The number of nitrogens with two attached hydrogens (primary N) is 1. The Hall–Kier alpha value is -0.470. The molecule has 0 saturated carbocycles. The predicted octanol–water partition coefficient (Wildman–Crippen LogP) is 0.849. The third-order valence-electron chi connectivity index (χ3n) is 2.45. The van der Waals surface area contributed by atoms with Gasteiger partial charge in [-0.2, -0.15) is 0 Å². The fourth-order valence-electron chi connectivity index (χ4n) is 1.61. The SMILES string of the molecule is CC(N)[C@@H]1N=CC=NCC1P(C)(C)=O. The van der Waals surface area contributed by atoms with Gasteiger partial charge in [0, 0.05) is 18.5 Å². The van der Waals surface area contributed by atoms with Crippen LogP contribution in [-0.2, 0) is 4.57 Å². The van der Waals surface area contributed by atoms with Gasteiger partial charge in [-0.15, -0.1) is 0 Å². The van der Waals surface area contributed by atoms with Crippen LogP contribution in [0.2, 0.25) is 0 Å². The summed E-state index contributed by atoms with van der Waals surface area (Å²) in [6.45, 7) is 6.03. The number of aliphatic imine (C=N–C) groups is 2. The van der Waals surface area contributed by atoms with Gasteiger partial charge in [-0.3, -0.25) is 9.98 Å². The maximum absolute atomic E-state index is 12.0. The number of nitrogens with zero attached hydrogens (tertiary/aromatic N) is 2. The summed E-state index contributed by atoms with van der Waals surface area (Å²) in [6, 6.07) is -0.149. The molecule has 1 aliphatic heterocycles. The molecule has 2 unspecified atom stereocenters. The highest BCUT2D eigenvalue weighted by Crippen LogP contribution is 2.45. The second-order valence-corrected chi connectivity index (χ2v) is 7.70. The third-order valence-corrected chi connectivity index (χ3v) is 4.52. The monoisotopic (exact) mass is 215 g/mol. The Morgan fingerprint density at radius 2 is 2.14 bits per heavy atom. The van der Waals surface area contributed by atoms with Crippen molar-refractivity contribution in [3.05, 3.63) is 0 Å². The van der Waals surface area contributed by atoms with E-state index < -0.39 is 7.14 Å². The van der Waals surface area contributed by atoms with E-state index in [-0.39, 0.29) is 17.7 Å². The quantitative estimate of drug-likeness (QED) is 0.694. The highest BCUT2D eigenvalue weighted by Gasteiger charge is 2.33. The first-order valence-corrected chi connectivity index (χ1v) is 7.42. The summed E-state index contributed by atoms with van der Waals surface area (Å²) >= 11 is 0. The molecule has 4 nitrogen and oxygen atoms in total. The lowest BCUT2D eigenvalue weighted by atomic mass is 10.1. The van der Waals surface area contributed by atoms with E-state index in [0.717, 1.165) is 0 Å². The van der Waals surface area contributed by atoms with E-state index in [1.54, 1.807) is 25.8 Å². The molecule has 3 atom stereocenters. The van der Waals surface area contributed by atoms with Crippen molar-refractivity contribution in [1.82, 2.24) is 0 Å². The van der Waals surface area contributed by atoms with Crippen molar-refractivity contribution in [3.63, 3.8) is 0 Å². The van der Waals surface area contributed by atoms with Gasteiger partial charge >= 0.3 is 0 Å². The van der Waals surface area contributed by atoms with Crippen LogP contribution in [0.4, 0.5) is 0 Å². The first-order valence-electron chi connectivity index (χ1n) is 4.74. The van der Waals surface area contributed by atoms with E-state index in [0.29, 0.717) is 6.54 Å². The van der Waals surface area contributed by atoms with Crippen LogP contribution < -0.4 is 5.73 Å². The van der Waals surface area contributed by atoms with Crippen LogP contribution in [0.25, 0.3) is 0 Å². The zero-order valence-electron chi connectivity index (χ0n) is 8.92. The Morgan fingerprint density at radius 1 is 1.50 bits per heavy atom. The summed E-state index contributed by atoms with van der Waals surface area (Å²) in [5.74, 6) is 0. The minimum absolute atomic E-state index is 0.0162. The van der Waals surface area contributed by atoms with E-state index in [2.05, 4.69) is 9.98 Å². The van der Waals surface area contributed by atoms with Gasteiger partial charge in [0.1, 0.15) is 0 Å². The van der Waals surface area contributed by atoms with Crippen LogP contribution in [0.1, 0.15) is 6.92 Å². The van der Waals surface area contributed by atoms with E-state index in [4.69, 9.17) is 5.73 Å². The molecule has 0 saturated heterocycles. The van der Waals surface area contributed by atoms with Gasteiger partial charge in [-0.05, 0) is 20.3 Å². The Balaban J connectivity index is 2.94. The van der Waals surface area contributed by atoms with Crippen molar-refractivity contribution < 1.29 is 4.57 Å². The van der Waals surface area contributed by atoms with Gasteiger partial charge in [0.25, 0.3) is 0 Å². The average Bonchev–Trinajstić information content (AvgIpc) is 2.26. The molecule has 0 radical (unpaired) electrons. The summed E-state index contributed by atoms with van der Waals surface area (Å²) in [5, 5.41) is 0. The summed E-state index contributed by atoms with van der Waals surface area (Å²) in [6.07, 6.45) is 3.31. The number of hydrogen-bond acceptors (Lipinski definition) is 4. The normalized spacial score (nSPS) is 30.0. The Bertz CT molecular complexity index is 292. The van der Waals surface area contributed by atoms with E-state index in [1.165, 1.54) is 0 Å². The number of rotatable bonds is 2.